The van der Waals surface area contributed by atoms with Gasteiger partial charge in [0.25, 0.3) is 0 Å². The quantitative estimate of drug-likeness (QED) is 0.477. The van der Waals surface area contributed by atoms with Crippen LogP contribution in [0.15, 0.2) is 24.3 Å². The molecule has 0 aromatic heterocycles. The molecule has 1 heterocycles. The summed E-state index contributed by atoms with van der Waals surface area (Å²) in [7, 11) is 0. The number of ether oxygens (including phenoxy) is 2. The average Bonchev–Trinajstić information content (AvgIpc) is 2.61. The highest BCUT2D eigenvalue weighted by atomic mass is 16.7. The van der Waals surface area contributed by atoms with Crippen LogP contribution in [0.3, 0.4) is 0 Å². The molecule has 2 aromatic carbocycles. The standard InChI is InChI=1S/C19H22O8/c1-8-6-10-4-3-5-11(14(10)16(23)13(8)9(2)21)26-19-18(25)17(24)15(22)12(7-20)27-19/h3-6,12,15,17-20,22-25H,7H2,1-2H3/t12-,15+,17+,18-,19+/m0/s1. The van der Waals surface area contributed by atoms with Gasteiger partial charge in [-0.2, -0.15) is 0 Å². The fourth-order valence-corrected chi connectivity index (χ4v) is 3.37. The number of Topliss-reactive ketones (excluding diaryl/α,β-unsaturated/α-hetero) is 1. The number of aryl methyl sites for hydroxylation is 1. The van der Waals surface area contributed by atoms with Crippen LogP contribution in [0.4, 0.5) is 0 Å². The van der Waals surface area contributed by atoms with Gasteiger partial charge in [-0.25, -0.2) is 0 Å². The Hall–Kier alpha value is -2.23. The van der Waals surface area contributed by atoms with Gasteiger partial charge in [0.15, 0.2) is 5.78 Å². The number of hydrogen-bond acceptors (Lipinski definition) is 8. The summed E-state index contributed by atoms with van der Waals surface area (Å²) in [5, 5.41) is 50.7. The predicted molar refractivity (Wildman–Crippen MR) is 94.7 cm³/mol. The molecule has 8 heteroatoms. The number of carbonyl (C=O) groups excluding carboxylic acids is 1. The Morgan fingerprint density at radius 3 is 2.52 bits per heavy atom. The van der Waals surface area contributed by atoms with Gasteiger partial charge in [-0.05, 0) is 30.9 Å². The summed E-state index contributed by atoms with van der Waals surface area (Å²) in [5.74, 6) is -0.441. The lowest BCUT2D eigenvalue weighted by molar-refractivity contribution is -0.277. The number of fused-ring (bicyclic) bond motifs is 1. The third-order valence-corrected chi connectivity index (χ3v) is 4.74. The minimum absolute atomic E-state index is 0.122. The van der Waals surface area contributed by atoms with E-state index < -0.39 is 37.3 Å². The van der Waals surface area contributed by atoms with Gasteiger partial charge in [-0.1, -0.05) is 18.2 Å². The number of aliphatic hydroxyl groups excluding tert-OH is 4. The Bertz CT molecular complexity index is 862. The molecule has 1 aliphatic rings. The molecule has 146 valence electrons. The molecule has 1 saturated heterocycles. The summed E-state index contributed by atoms with van der Waals surface area (Å²) in [4.78, 5) is 11.9. The zero-order valence-corrected chi connectivity index (χ0v) is 14.9. The Labute approximate surface area is 155 Å². The SMILES string of the molecule is CC(=O)c1c(C)cc2cccc(O[C@@H]3O[C@@H](CO)[C@@H](O)[C@@H](O)[C@@H]3O)c2c1O. The second-order valence-corrected chi connectivity index (χ2v) is 6.64. The van der Waals surface area contributed by atoms with E-state index in [4.69, 9.17) is 9.47 Å². The van der Waals surface area contributed by atoms with Crippen LogP contribution in [-0.4, -0.2) is 68.6 Å². The molecule has 0 saturated carbocycles. The maximum absolute atomic E-state index is 11.9. The fourth-order valence-electron chi connectivity index (χ4n) is 3.37. The van der Waals surface area contributed by atoms with E-state index in [1.165, 1.54) is 13.0 Å². The Kier molecular flexibility index (Phi) is 5.36. The van der Waals surface area contributed by atoms with Crippen LogP contribution in [-0.2, 0) is 4.74 Å². The van der Waals surface area contributed by atoms with Gasteiger partial charge in [0.1, 0.15) is 35.9 Å². The number of phenolic OH excluding ortho intramolecular Hbond substituents is 1. The fraction of sp³-hybridized carbons (Fsp3) is 0.421. The molecular weight excluding hydrogens is 356 g/mol. The van der Waals surface area contributed by atoms with E-state index in [0.717, 1.165) is 0 Å². The number of benzene rings is 2. The summed E-state index contributed by atoms with van der Waals surface area (Å²) in [6.45, 7) is 2.47. The number of hydrogen-bond donors (Lipinski definition) is 5. The summed E-state index contributed by atoms with van der Waals surface area (Å²) in [6, 6.07) is 6.63. The molecule has 0 aliphatic carbocycles. The highest BCUT2D eigenvalue weighted by Gasteiger charge is 2.44. The van der Waals surface area contributed by atoms with E-state index >= 15 is 0 Å². The van der Waals surface area contributed by atoms with Crippen LogP contribution < -0.4 is 4.74 Å². The molecule has 1 fully saturated rings. The van der Waals surface area contributed by atoms with Gasteiger partial charge >= 0.3 is 0 Å². The van der Waals surface area contributed by atoms with Crippen LogP contribution in [0.5, 0.6) is 11.5 Å². The van der Waals surface area contributed by atoms with Crippen LogP contribution in [0.1, 0.15) is 22.8 Å². The summed E-state index contributed by atoms with van der Waals surface area (Å²) in [5.41, 5.74) is 0.768. The number of phenols is 1. The number of rotatable bonds is 4. The lowest BCUT2D eigenvalue weighted by Gasteiger charge is -2.39. The molecule has 3 rings (SSSR count). The molecule has 5 N–H and O–H groups in total. The zero-order valence-electron chi connectivity index (χ0n) is 14.9. The molecule has 0 unspecified atom stereocenters. The highest BCUT2D eigenvalue weighted by molar-refractivity contribution is 6.06. The Morgan fingerprint density at radius 2 is 1.89 bits per heavy atom. The van der Waals surface area contributed by atoms with Crippen molar-refractivity contribution in [3.05, 3.63) is 35.4 Å². The van der Waals surface area contributed by atoms with Gasteiger partial charge in [-0.15, -0.1) is 0 Å². The van der Waals surface area contributed by atoms with E-state index in [1.807, 2.05) is 0 Å². The summed E-state index contributed by atoms with van der Waals surface area (Å²) < 4.78 is 11.0. The number of aromatic hydroxyl groups is 1. The Morgan fingerprint density at radius 1 is 1.19 bits per heavy atom. The van der Waals surface area contributed by atoms with E-state index in [2.05, 4.69) is 0 Å². The van der Waals surface area contributed by atoms with Crippen molar-refractivity contribution in [1.82, 2.24) is 0 Å². The topological polar surface area (TPSA) is 137 Å². The van der Waals surface area contributed by atoms with Crippen LogP contribution in [0.25, 0.3) is 10.8 Å². The third-order valence-electron chi connectivity index (χ3n) is 4.74. The molecular formula is C19H22O8. The van der Waals surface area contributed by atoms with Gasteiger partial charge in [0, 0.05) is 0 Å². The van der Waals surface area contributed by atoms with Crippen LogP contribution >= 0.6 is 0 Å². The minimum atomic E-state index is -1.59. The molecule has 0 spiro atoms. The molecule has 5 atom stereocenters. The van der Waals surface area contributed by atoms with Gasteiger partial charge < -0.3 is 35.0 Å². The number of carbonyl (C=O) groups is 1. The van der Waals surface area contributed by atoms with E-state index in [1.54, 1.807) is 25.1 Å². The first-order valence-corrected chi connectivity index (χ1v) is 8.49. The van der Waals surface area contributed by atoms with Crippen LogP contribution in [0.2, 0.25) is 0 Å². The lowest BCUT2D eigenvalue weighted by Crippen LogP contribution is -2.60. The maximum Gasteiger partial charge on any atom is 0.229 e. The second kappa shape index (κ2) is 7.41. The zero-order chi connectivity index (χ0) is 19.9. The van der Waals surface area contributed by atoms with Crippen LogP contribution in [0, 0.1) is 6.92 Å². The Balaban J connectivity index is 2.04. The molecule has 8 nitrogen and oxygen atoms in total. The predicted octanol–water partition coefficient (Wildman–Crippen LogP) is 0.235. The average molecular weight is 378 g/mol. The molecule has 1 aliphatic heterocycles. The second-order valence-electron chi connectivity index (χ2n) is 6.64. The molecule has 2 aromatic rings. The summed E-state index contributed by atoms with van der Waals surface area (Å²) >= 11 is 0. The smallest absolute Gasteiger partial charge is 0.229 e. The van der Waals surface area contributed by atoms with E-state index in [0.29, 0.717) is 10.9 Å². The number of aliphatic hydroxyl groups is 4. The van der Waals surface area contributed by atoms with Crippen molar-refractivity contribution in [3.8, 4) is 11.5 Å². The van der Waals surface area contributed by atoms with Crippen molar-refractivity contribution in [2.45, 2.75) is 44.6 Å². The minimum Gasteiger partial charge on any atom is -0.506 e. The van der Waals surface area contributed by atoms with Crippen molar-refractivity contribution < 1.29 is 39.8 Å². The van der Waals surface area contributed by atoms with E-state index in [-0.39, 0.29) is 28.2 Å². The molecule has 0 bridgehead atoms. The molecule has 0 amide bonds. The van der Waals surface area contributed by atoms with E-state index in [9.17, 15) is 30.3 Å². The van der Waals surface area contributed by atoms with Crippen molar-refractivity contribution in [3.63, 3.8) is 0 Å². The van der Waals surface area contributed by atoms with Gasteiger partial charge in [0.05, 0.1) is 17.6 Å². The highest BCUT2D eigenvalue weighted by Crippen LogP contribution is 2.39. The van der Waals surface area contributed by atoms with Gasteiger partial charge in [0.2, 0.25) is 6.29 Å². The number of ketones is 1. The normalized spacial score (nSPS) is 28.3. The van der Waals surface area contributed by atoms with Gasteiger partial charge in [-0.3, -0.25) is 4.79 Å². The maximum atomic E-state index is 11.9. The lowest BCUT2D eigenvalue weighted by atomic mass is 9.97. The summed E-state index contributed by atoms with van der Waals surface area (Å²) in [6.07, 6.45) is -7.19. The first-order valence-electron chi connectivity index (χ1n) is 8.49. The molecule has 0 radical (unpaired) electrons. The largest absolute Gasteiger partial charge is 0.506 e. The van der Waals surface area contributed by atoms with Crippen molar-refractivity contribution in [2.24, 2.45) is 0 Å². The monoisotopic (exact) mass is 378 g/mol. The van der Waals surface area contributed by atoms with Crippen molar-refractivity contribution >= 4 is 16.6 Å². The van der Waals surface area contributed by atoms with Crippen molar-refractivity contribution in [2.75, 3.05) is 6.61 Å². The molecule has 27 heavy (non-hydrogen) atoms. The third kappa shape index (κ3) is 3.38. The first kappa shape index (κ1) is 19.5. The van der Waals surface area contributed by atoms with Crippen molar-refractivity contribution in [1.29, 1.82) is 0 Å². The first-order chi connectivity index (χ1) is 12.8.